The molecule has 4 heteroatoms. The Labute approximate surface area is 156 Å². The number of benzene rings is 3. The number of nitrogens with one attached hydrogen (secondary N) is 2. The van der Waals surface area contributed by atoms with Crippen molar-refractivity contribution in [2.45, 2.75) is 6.04 Å². The van der Waals surface area contributed by atoms with Gasteiger partial charge in [0.1, 0.15) is 6.04 Å². The molecule has 3 nitrogen and oxygen atoms in total. The third-order valence-corrected chi connectivity index (χ3v) is 4.94. The molecule has 2 N–H and O–H groups in total. The first-order valence-electron chi connectivity index (χ1n) is 8.37. The fourth-order valence-corrected chi connectivity index (χ4v) is 3.51. The minimum atomic E-state index is -0.0483. The van der Waals surface area contributed by atoms with E-state index in [1.54, 1.807) is 0 Å². The largest absolute Gasteiger partial charge is 0.346 e. The number of quaternary nitrogens is 1. The van der Waals surface area contributed by atoms with Gasteiger partial charge in [0.05, 0.1) is 20.6 Å². The van der Waals surface area contributed by atoms with Crippen LogP contribution in [0.1, 0.15) is 22.0 Å². The molecule has 128 valence electrons. The van der Waals surface area contributed by atoms with Crippen LogP contribution in [0.2, 0.25) is 0 Å². The molecular weight excluding hydrogens is 376 g/mol. The van der Waals surface area contributed by atoms with Gasteiger partial charge in [-0.2, -0.15) is 0 Å². The van der Waals surface area contributed by atoms with Crippen molar-refractivity contribution in [2.24, 2.45) is 0 Å². The van der Waals surface area contributed by atoms with Crippen LogP contribution in [0.4, 0.5) is 0 Å². The van der Waals surface area contributed by atoms with E-state index in [1.165, 1.54) is 21.2 Å². The third-order valence-electron chi connectivity index (χ3n) is 4.45. The van der Waals surface area contributed by atoms with Gasteiger partial charge in [-0.15, -0.1) is 0 Å². The molecule has 0 aliphatic carbocycles. The minimum Gasteiger partial charge on any atom is -0.346 e. The average molecular weight is 398 g/mol. The van der Waals surface area contributed by atoms with Crippen LogP contribution in [-0.4, -0.2) is 26.5 Å². The van der Waals surface area contributed by atoms with E-state index in [2.05, 4.69) is 77.8 Å². The number of carbonyl (C=O) groups is 1. The van der Waals surface area contributed by atoms with Gasteiger partial charge in [-0.3, -0.25) is 4.79 Å². The molecule has 3 aromatic rings. The van der Waals surface area contributed by atoms with E-state index in [9.17, 15) is 4.79 Å². The highest BCUT2D eigenvalue weighted by Crippen LogP contribution is 2.22. The summed E-state index contributed by atoms with van der Waals surface area (Å²) in [6.07, 6.45) is 0. The number of amides is 1. The van der Waals surface area contributed by atoms with Gasteiger partial charge >= 0.3 is 0 Å². The summed E-state index contributed by atoms with van der Waals surface area (Å²) in [7, 11) is 4.25. The molecule has 25 heavy (non-hydrogen) atoms. The summed E-state index contributed by atoms with van der Waals surface area (Å²) in [6.45, 7) is 0.585. The molecule has 0 aromatic heterocycles. The Bertz CT molecular complexity index is 886. The Balaban J connectivity index is 1.83. The lowest BCUT2D eigenvalue weighted by Gasteiger charge is -2.23. The lowest BCUT2D eigenvalue weighted by Crippen LogP contribution is -3.07. The maximum Gasteiger partial charge on any atom is 0.251 e. The molecule has 1 amide bonds. The molecule has 0 fully saturated rings. The first kappa shape index (κ1) is 17.6. The third kappa shape index (κ3) is 4.09. The number of rotatable bonds is 5. The van der Waals surface area contributed by atoms with E-state index in [-0.39, 0.29) is 11.9 Å². The molecule has 0 aliphatic heterocycles. The van der Waals surface area contributed by atoms with Gasteiger partial charge in [-0.05, 0) is 29.0 Å². The van der Waals surface area contributed by atoms with Gasteiger partial charge in [0.15, 0.2) is 0 Å². The highest BCUT2D eigenvalue weighted by Gasteiger charge is 2.21. The number of carbonyl (C=O) groups excluding carboxylic acids is 1. The second-order valence-electron chi connectivity index (χ2n) is 6.42. The molecule has 0 saturated carbocycles. The van der Waals surface area contributed by atoms with Crippen LogP contribution < -0.4 is 10.2 Å². The summed E-state index contributed by atoms with van der Waals surface area (Å²) in [5.74, 6) is -0.0483. The summed E-state index contributed by atoms with van der Waals surface area (Å²) >= 11 is 3.41. The van der Waals surface area contributed by atoms with Gasteiger partial charge in [0.25, 0.3) is 5.91 Å². The van der Waals surface area contributed by atoms with Crippen molar-refractivity contribution in [2.75, 3.05) is 20.6 Å². The van der Waals surface area contributed by atoms with Crippen molar-refractivity contribution < 1.29 is 9.69 Å². The predicted octanol–water partition coefficient (Wildman–Crippen LogP) is 3.22. The van der Waals surface area contributed by atoms with Gasteiger partial charge in [0, 0.05) is 15.6 Å². The summed E-state index contributed by atoms with van der Waals surface area (Å²) in [6, 6.07) is 22.4. The van der Waals surface area contributed by atoms with Gasteiger partial charge in [-0.25, -0.2) is 0 Å². The zero-order chi connectivity index (χ0) is 17.8. The molecule has 0 heterocycles. The molecule has 0 aliphatic rings. The Morgan fingerprint density at radius 3 is 2.52 bits per heavy atom. The maximum absolute atomic E-state index is 12.5. The molecule has 0 bridgehead atoms. The van der Waals surface area contributed by atoms with Crippen LogP contribution >= 0.6 is 15.9 Å². The quantitative estimate of drug-likeness (QED) is 0.680. The second-order valence-corrected chi connectivity index (χ2v) is 7.33. The minimum absolute atomic E-state index is 0.0483. The summed E-state index contributed by atoms with van der Waals surface area (Å²) in [5.41, 5.74) is 1.92. The average Bonchev–Trinajstić information content (AvgIpc) is 2.61. The van der Waals surface area contributed by atoms with Crippen LogP contribution in [0.3, 0.4) is 0 Å². The summed E-state index contributed by atoms with van der Waals surface area (Å²) in [5, 5.41) is 5.56. The highest BCUT2D eigenvalue weighted by molar-refractivity contribution is 9.10. The van der Waals surface area contributed by atoms with E-state index in [4.69, 9.17) is 0 Å². The number of hydrogen-bond acceptors (Lipinski definition) is 1. The first-order chi connectivity index (χ1) is 12.1. The van der Waals surface area contributed by atoms with Crippen LogP contribution in [0, 0.1) is 0 Å². The Hall–Kier alpha value is -2.17. The first-order valence-corrected chi connectivity index (χ1v) is 9.17. The van der Waals surface area contributed by atoms with Crippen LogP contribution in [0.25, 0.3) is 10.8 Å². The second kappa shape index (κ2) is 7.81. The number of likely N-dealkylation sites (N-methyl/N-ethyl adjacent to an activating group) is 1. The Kier molecular flexibility index (Phi) is 5.51. The van der Waals surface area contributed by atoms with Crippen molar-refractivity contribution in [1.82, 2.24) is 5.32 Å². The molecule has 0 saturated heterocycles. The standard InChI is InChI=1S/C21H21BrN2O/c1-24(2)20(14-23-21(25)16-9-5-10-17(22)13-16)19-12-6-8-15-7-3-4-11-18(15)19/h3-13,20H,14H2,1-2H3,(H,23,25)/p+1/t20-/m1/s1. The summed E-state index contributed by atoms with van der Waals surface area (Å²) in [4.78, 5) is 13.8. The van der Waals surface area contributed by atoms with Gasteiger partial charge in [-0.1, -0.05) is 64.5 Å². The van der Waals surface area contributed by atoms with E-state index in [0.717, 1.165) is 4.47 Å². The van der Waals surface area contributed by atoms with Crippen LogP contribution in [0.5, 0.6) is 0 Å². The molecule has 1 atom stereocenters. The molecule has 3 aromatic carbocycles. The van der Waals surface area contributed by atoms with Crippen molar-refractivity contribution in [3.63, 3.8) is 0 Å². The predicted molar refractivity (Wildman–Crippen MR) is 106 cm³/mol. The fraction of sp³-hybridized carbons (Fsp3) is 0.190. The zero-order valence-electron chi connectivity index (χ0n) is 14.4. The highest BCUT2D eigenvalue weighted by atomic mass is 79.9. The lowest BCUT2D eigenvalue weighted by molar-refractivity contribution is -0.890. The molecule has 0 spiro atoms. The monoisotopic (exact) mass is 397 g/mol. The van der Waals surface area contributed by atoms with Crippen molar-refractivity contribution in [1.29, 1.82) is 0 Å². The normalized spacial score (nSPS) is 12.3. The smallest absolute Gasteiger partial charge is 0.251 e. The molecule has 0 unspecified atom stereocenters. The van der Waals surface area contributed by atoms with E-state index < -0.39 is 0 Å². The van der Waals surface area contributed by atoms with E-state index in [0.29, 0.717) is 12.1 Å². The number of halogens is 1. The SMILES string of the molecule is C[NH+](C)[C@H](CNC(=O)c1cccc(Br)c1)c1cccc2ccccc12. The lowest BCUT2D eigenvalue weighted by atomic mass is 9.98. The molecule has 0 radical (unpaired) electrons. The zero-order valence-corrected chi connectivity index (χ0v) is 16.0. The van der Waals surface area contributed by atoms with E-state index in [1.807, 2.05) is 24.3 Å². The number of hydrogen-bond donors (Lipinski definition) is 2. The maximum atomic E-state index is 12.5. The molecular formula is C21H22BrN2O+. The van der Waals surface area contributed by atoms with Crippen LogP contribution in [0.15, 0.2) is 71.2 Å². The van der Waals surface area contributed by atoms with Crippen LogP contribution in [-0.2, 0) is 0 Å². The topological polar surface area (TPSA) is 33.5 Å². The fourth-order valence-electron chi connectivity index (χ4n) is 3.11. The van der Waals surface area contributed by atoms with Gasteiger partial charge in [0.2, 0.25) is 0 Å². The Morgan fingerprint density at radius 2 is 1.76 bits per heavy atom. The van der Waals surface area contributed by atoms with E-state index >= 15 is 0 Å². The number of fused-ring (bicyclic) bond motifs is 1. The van der Waals surface area contributed by atoms with Crippen molar-refractivity contribution in [3.8, 4) is 0 Å². The van der Waals surface area contributed by atoms with Crippen molar-refractivity contribution >= 4 is 32.6 Å². The van der Waals surface area contributed by atoms with Crippen molar-refractivity contribution in [3.05, 3.63) is 82.3 Å². The Morgan fingerprint density at radius 1 is 1.04 bits per heavy atom. The summed E-state index contributed by atoms with van der Waals surface area (Å²) < 4.78 is 0.906. The van der Waals surface area contributed by atoms with Gasteiger partial charge < -0.3 is 10.2 Å². The molecule has 3 rings (SSSR count).